The topological polar surface area (TPSA) is 32.7 Å². The Kier molecular flexibility index (Phi) is 2.72. The van der Waals surface area contributed by atoms with E-state index in [9.17, 15) is 5.11 Å². The van der Waals surface area contributed by atoms with Crippen LogP contribution in [0, 0.1) is 0 Å². The Morgan fingerprint density at radius 1 is 1.36 bits per heavy atom. The second-order valence-corrected chi connectivity index (χ2v) is 3.84. The van der Waals surface area contributed by atoms with Gasteiger partial charge in [0.05, 0.1) is 0 Å². The predicted molar refractivity (Wildman–Crippen MR) is 54.8 cm³/mol. The number of rotatable bonds is 2. The highest BCUT2D eigenvalue weighted by molar-refractivity contribution is 5.23. The number of allylic oxidation sites excluding steroid dienone is 2. The number of aliphatic hydroxyl groups excluding tert-OH is 1. The molecule has 14 heavy (non-hydrogen) atoms. The summed E-state index contributed by atoms with van der Waals surface area (Å²) in [6.07, 6.45) is 9.35. The van der Waals surface area contributed by atoms with E-state index < -0.39 is 11.8 Å². The van der Waals surface area contributed by atoms with E-state index >= 15 is 0 Å². The molecule has 3 heteroatoms. The molecule has 0 aromatic carbocycles. The van der Waals surface area contributed by atoms with Crippen LogP contribution in [0.4, 0.5) is 0 Å². The van der Waals surface area contributed by atoms with Crippen LogP contribution < -0.4 is 0 Å². The predicted octanol–water partition coefficient (Wildman–Crippen LogP) is 0.912. The molecule has 1 fully saturated rings. The third-order valence-corrected chi connectivity index (χ3v) is 3.09. The minimum atomic E-state index is -0.620. The van der Waals surface area contributed by atoms with Gasteiger partial charge < -0.3 is 9.84 Å². The average molecular weight is 195 g/mol. The maximum absolute atomic E-state index is 9.98. The first-order valence-electron chi connectivity index (χ1n) is 5.14. The van der Waals surface area contributed by atoms with Gasteiger partial charge in [0.1, 0.15) is 6.10 Å². The maximum atomic E-state index is 9.98. The molecule has 0 bridgehead atoms. The lowest BCUT2D eigenvalue weighted by molar-refractivity contribution is -0.145. The second kappa shape index (κ2) is 3.85. The van der Waals surface area contributed by atoms with Crippen molar-refractivity contribution in [1.82, 2.24) is 4.90 Å². The third kappa shape index (κ3) is 1.41. The van der Waals surface area contributed by atoms with Gasteiger partial charge in [0.2, 0.25) is 0 Å². The van der Waals surface area contributed by atoms with Crippen LogP contribution in [0.1, 0.15) is 12.8 Å². The Labute approximate surface area is 84.7 Å². The Morgan fingerprint density at radius 2 is 2.07 bits per heavy atom. The summed E-state index contributed by atoms with van der Waals surface area (Å²) in [5.41, 5.74) is -0.620. The molecule has 0 amide bonds. The quantitative estimate of drug-likeness (QED) is 0.711. The van der Waals surface area contributed by atoms with E-state index in [1.54, 1.807) is 13.2 Å². The number of nitrogens with zero attached hydrogens (tertiary/aromatic N) is 1. The Hall–Kier alpha value is -0.640. The largest absolute Gasteiger partial charge is 0.384 e. The van der Waals surface area contributed by atoms with Gasteiger partial charge in [-0.1, -0.05) is 18.2 Å². The summed E-state index contributed by atoms with van der Waals surface area (Å²) < 4.78 is 5.51. The van der Waals surface area contributed by atoms with E-state index in [2.05, 4.69) is 4.90 Å². The first kappa shape index (κ1) is 9.90. The van der Waals surface area contributed by atoms with Crippen LogP contribution in [-0.2, 0) is 4.74 Å². The number of hydrogen-bond donors (Lipinski definition) is 1. The highest BCUT2D eigenvalue weighted by atomic mass is 16.5. The van der Waals surface area contributed by atoms with Crippen molar-refractivity contribution in [3.8, 4) is 0 Å². The number of hydrogen-bond acceptors (Lipinski definition) is 3. The van der Waals surface area contributed by atoms with Crippen molar-refractivity contribution in [3.63, 3.8) is 0 Å². The van der Waals surface area contributed by atoms with Crippen LogP contribution in [0.2, 0.25) is 0 Å². The first-order valence-corrected chi connectivity index (χ1v) is 5.14. The van der Waals surface area contributed by atoms with E-state index in [1.807, 2.05) is 18.2 Å². The zero-order valence-corrected chi connectivity index (χ0v) is 8.52. The number of aliphatic hydroxyl groups is 1. The van der Waals surface area contributed by atoms with Crippen molar-refractivity contribution in [2.75, 3.05) is 20.2 Å². The zero-order chi connectivity index (χ0) is 10.0. The van der Waals surface area contributed by atoms with Crippen molar-refractivity contribution in [3.05, 3.63) is 24.3 Å². The molecule has 2 aliphatic rings. The fourth-order valence-corrected chi connectivity index (χ4v) is 2.28. The summed E-state index contributed by atoms with van der Waals surface area (Å²) in [4.78, 5) is 2.21. The lowest BCUT2D eigenvalue weighted by Crippen LogP contribution is -2.55. The standard InChI is InChI=1S/C11H17NO2/c1-14-11(12-8-4-5-9-12)7-3-2-6-10(11)13/h2-3,6-7,10,13H,4-5,8-9H2,1H3. The number of likely N-dealkylation sites (tertiary alicyclic amines) is 1. The molecule has 0 saturated carbocycles. The van der Waals surface area contributed by atoms with E-state index in [1.165, 1.54) is 12.8 Å². The highest BCUT2D eigenvalue weighted by Crippen LogP contribution is 2.30. The van der Waals surface area contributed by atoms with Gasteiger partial charge in [-0.05, 0) is 18.9 Å². The Morgan fingerprint density at radius 3 is 2.64 bits per heavy atom. The van der Waals surface area contributed by atoms with Gasteiger partial charge in [0.15, 0.2) is 5.72 Å². The Balaban J connectivity index is 2.23. The molecule has 2 unspecified atom stereocenters. The Bertz CT molecular complexity index is 256. The summed E-state index contributed by atoms with van der Waals surface area (Å²) in [5.74, 6) is 0. The fourth-order valence-electron chi connectivity index (χ4n) is 2.28. The van der Waals surface area contributed by atoms with E-state index in [4.69, 9.17) is 4.74 Å². The molecule has 1 aliphatic heterocycles. The third-order valence-electron chi connectivity index (χ3n) is 3.09. The summed E-state index contributed by atoms with van der Waals surface area (Å²) in [6, 6.07) is 0. The van der Waals surface area contributed by atoms with Crippen LogP contribution in [-0.4, -0.2) is 42.0 Å². The van der Waals surface area contributed by atoms with Gasteiger partial charge in [-0.15, -0.1) is 0 Å². The van der Waals surface area contributed by atoms with Crippen molar-refractivity contribution >= 4 is 0 Å². The van der Waals surface area contributed by atoms with E-state index in [0.29, 0.717) is 0 Å². The molecule has 1 heterocycles. The fraction of sp³-hybridized carbons (Fsp3) is 0.636. The SMILES string of the molecule is COC1(N2CCCC2)C=CC=CC1O. The molecule has 0 radical (unpaired) electrons. The lowest BCUT2D eigenvalue weighted by atomic mass is 9.99. The zero-order valence-electron chi connectivity index (χ0n) is 8.52. The van der Waals surface area contributed by atoms with E-state index in [0.717, 1.165) is 13.1 Å². The van der Waals surface area contributed by atoms with Gasteiger partial charge in [-0.3, -0.25) is 4.90 Å². The molecule has 0 aromatic heterocycles. The first-order chi connectivity index (χ1) is 6.79. The van der Waals surface area contributed by atoms with Crippen molar-refractivity contribution in [1.29, 1.82) is 0 Å². The second-order valence-electron chi connectivity index (χ2n) is 3.84. The molecular weight excluding hydrogens is 178 g/mol. The molecule has 1 aliphatic carbocycles. The molecule has 78 valence electrons. The van der Waals surface area contributed by atoms with Gasteiger partial charge in [0.25, 0.3) is 0 Å². The van der Waals surface area contributed by atoms with Crippen LogP contribution in [0.5, 0.6) is 0 Å². The summed E-state index contributed by atoms with van der Waals surface area (Å²) in [6.45, 7) is 2.01. The van der Waals surface area contributed by atoms with Gasteiger partial charge in [-0.2, -0.15) is 0 Å². The lowest BCUT2D eigenvalue weighted by Gasteiger charge is -2.41. The molecule has 3 nitrogen and oxygen atoms in total. The summed E-state index contributed by atoms with van der Waals surface area (Å²) in [5, 5.41) is 9.98. The smallest absolute Gasteiger partial charge is 0.170 e. The maximum Gasteiger partial charge on any atom is 0.170 e. The summed E-state index contributed by atoms with van der Waals surface area (Å²) >= 11 is 0. The van der Waals surface area contributed by atoms with Crippen LogP contribution in [0.15, 0.2) is 24.3 Å². The molecule has 1 saturated heterocycles. The highest BCUT2D eigenvalue weighted by Gasteiger charge is 2.42. The van der Waals surface area contributed by atoms with Crippen LogP contribution in [0.25, 0.3) is 0 Å². The van der Waals surface area contributed by atoms with Crippen molar-refractivity contribution < 1.29 is 9.84 Å². The van der Waals surface area contributed by atoms with Crippen molar-refractivity contribution in [2.45, 2.75) is 24.7 Å². The molecule has 2 rings (SSSR count). The molecular formula is C11H17NO2. The molecule has 1 N–H and O–H groups in total. The average Bonchev–Trinajstić information content (AvgIpc) is 2.72. The minimum Gasteiger partial charge on any atom is -0.384 e. The van der Waals surface area contributed by atoms with Gasteiger partial charge in [-0.25, -0.2) is 0 Å². The van der Waals surface area contributed by atoms with E-state index in [-0.39, 0.29) is 0 Å². The minimum absolute atomic E-state index is 0.560. The molecule has 0 spiro atoms. The molecule has 0 aromatic rings. The van der Waals surface area contributed by atoms with Crippen LogP contribution >= 0.6 is 0 Å². The van der Waals surface area contributed by atoms with Gasteiger partial charge in [0, 0.05) is 20.2 Å². The number of ether oxygens (including phenoxy) is 1. The normalized spacial score (nSPS) is 38.0. The summed E-state index contributed by atoms with van der Waals surface area (Å²) in [7, 11) is 1.66. The van der Waals surface area contributed by atoms with Gasteiger partial charge >= 0.3 is 0 Å². The monoisotopic (exact) mass is 195 g/mol. The van der Waals surface area contributed by atoms with Crippen LogP contribution in [0.3, 0.4) is 0 Å². The number of methoxy groups -OCH3 is 1. The molecule has 2 atom stereocenters. The van der Waals surface area contributed by atoms with Crippen molar-refractivity contribution in [2.24, 2.45) is 0 Å².